The van der Waals surface area contributed by atoms with Crippen LogP contribution in [0, 0.1) is 6.20 Å². The zero-order valence-corrected chi connectivity index (χ0v) is 8.58. The molecule has 1 aromatic rings. The molecule has 0 aliphatic carbocycles. The van der Waals surface area contributed by atoms with E-state index in [1.165, 1.54) is 11.3 Å². The molecule has 2 heterocycles. The van der Waals surface area contributed by atoms with Crippen molar-refractivity contribution in [3.05, 3.63) is 24.0 Å². The van der Waals surface area contributed by atoms with Crippen LogP contribution in [0.5, 0.6) is 0 Å². The van der Waals surface area contributed by atoms with Gasteiger partial charge in [0.05, 0.1) is 5.69 Å². The molecule has 0 atom stereocenters. The van der Waals surface area contributed by atoms with E-state index in [1.54, 1.807) is 0 Å². The van der Waals surface area contributed by atoms with Gasteiger partial charge >= 0.3 is 0 Å². The van der Waals surface area contributed by atoms with Gasteiger partial charge in [0, 0.05) is 32.4 Å². The number of aryl methyl sites for hydroxylation is 1. The highest BCUT2D eigenvalue weighted by Crippen LogP contribution is 2.18. The molecule has 0 amide bonds. The summed E-state index contributed by atoms with van der Waals surface area (Å²) in [6.07, 6.45) is 5.98. The highest BCUT2D eigenvalue weighted by atomic mass is 15.2. The lowest BCUT2D eigenvalue weighted by Gasteiger charge is -2.30. The Morgan fingerprint density at radius 3 is 3.00 bits per heavy atom. The van der Waals surface area contributed by atoms with Crippen molar-refractivity contribution in [3.63, 3.8) is 0 Å². The third kappa shape index (κ3) is 1.87. The molecule has 14 heavy (non-hydrogen) atoms. The molecule has 0 aromatic carbocycles. The number of nitrogens with one attached hydrogen (secondary N) is 1. The summed E-state index contributed by atoms with van der Waals surface area (Å²) >= 11 is 0. The van der Waals surface area contributed by atoms with Crippen molar-refractivity contribution >= 4 is 5.69 Å². The molecule has 75 valence electrons. The van der Waals surface area contributed by atoms with E-state index in [0.717, 1.165) is 32.6 Å². The number of piperazine rings is 1. The van der Waals surface area contributed by atoms with Gasteiger partial charge in [0.25, 0.3) is 0 Å². The molecule has 3 nitrogen and oxygen atoms in total. The molecule has 0 spiro atoms. The molecule has 1 aliphatic rings. The molecule has 0 unspecified atom stereocenters. The molecule has 1 N–H and O–H groups in total. The quantitative estimate of drug-likeness (QED) is 0.749. The fraction of sp³-hybridized carbons (Fsp3) is 0.545. The summed E-state index contributed by atoms with van der Waals surface area (Å²) in [6, 6.07) is 2.09. The Balaban J connectivity index is 2.20. The zero-order chi connectivity index (χ0) is 9.80. The first-order valence-corrected chi connectivity index (χ1v) is 5.23. The highest BCUT2D eigenvalue weighted by molar-refractivity contribution is 5.51. The SMILES string of the molecule is CCc1ccn[c]c1N1CCNCC1. The predicted molar refractivity (Wildman–Crippen MR) is 57.5 cm³/mol. The topological polar surface area (TPSA) is 28.2 Å². The maximum atomic E-state index is 4.08. The summed E-state index contributed by atoms with van der Waals surface area (Å²) in [5.41, 5.74) is 2.54. The second-order valence-corrected chi connectivity index (χ2v) is 3.52. The Bertz CT molecular complexity index is 292. The van der Waals surface area contributed by atoms with Crippen LogP contribution in [0.1, 0.15) is 12.5 Å². The maximum absolute atomic E-state index is 4.08. The number of aromatic nitrogens is 1. The molecule has 1 saturated heterocycles. The van der Waals surface area contributed by atoms with E-state index in [1.807, 2.05) is 6.20 Å². The average Bonchev–Trinajstić information content (AvgIpc) is 2.30. The minimum atomic E-state index is 1.05. The van der Waals surface area contributed by atoms with E-state index >= 15 is 0 Å². The molecule has 1 aromatic heterocycles. The standard InChI is InChI=1S/C11H16N3/c1-2-10-3-4-13-9-11(10)14-7-5-12-6-8-14/h3-4,12H,2,5-8H2,1H3. The first-order chi connectivity index (χ1) is 6.92. The van der Waals surface area contributed by atoms with Crippen molar-refractivity contribution in [2.24, 2.45) is 0 Å². The smallest absolute Gasteiger partial charge is 0.114 e. The van der Waals surface area contributed by atoms with Gasteiger partial charge in [-0.15, -0.1) is 0 Å². The molecule has 0 bridgehead atoms. The van der Waals surface area contributed by atoms with Gasteiger partial charge < -0.3 is 10.2 Å². The number of hydrogen-bond donors (Lipinski definition) is 1. The van der Waals surface area contributed by atoms with Crippen molar-refractivity contribution in [1.82, 2.24) is 10.3 Å². The van der Waals surface area contributed by atoms with E-state index in [9.17, 15) is 0 Å². The van der Waals surface area contributed by atoms with Crippen molar-refractivity contribution in [2.75, 3.05) is 31.1 Å². The van der Waals surface area contributed by atoms with Gasteiger partial charge in [-0.25, -0.2) is 0 Å². The van der Waals surface area contributed by atoms with Crippen LogP contribution in [0.4, 0.5) is 5.69 Å². The molecular weight excluding hydrogens is 174 g/mol. The van der Waals surface area contributed by atoms with Crippen LogP contribution in [0.15, 0.2) is 12.3 Å². The number of rotatable bonds is 2. The van der Waals surface area contributed by atoms with Gasteiger partial charge in [-0.05, 0) is 18.1 Å². The largest absolute Gasteiger partial charge is 0.367 e. The lowest BCUT2D eigenvalue weighted by atomic mass is 10.1. The van der Waals surface area contributed by atoms with Gasteiger partial charge in [0.1, 0.15) is 6.20 Å². The predicted octanol–water partition coefficient (Wildman–Crippen LogP) is 0.854. The fourth-order valence-corrected chi connectivity index (χ4v) is 1.82. The van der Waals surface area contributed by atoms with Crippen LogP contribution in [-0.2, 0) is 6.42 Å². The van der Waals surface area contributed by atoms with Crippen LogP contribution in [0.2, 0.25) is 0 Å². The Morgan fingerprint density at radius 2 is 2.29 bits per heavy atom. The van der Waals surface area contributed by atoms with Gasteiger partial charge in [-0.1, -0.05) is 6.92 Å². The molecule has 2 rings (SSSR count). The number of hydrogen-bond acceptors (Lipinski definition) is 3. The van der Waals surface area contributed by atoms with E-state index < -0.39 is 0 Å². The normalized spacial score (nSPS) is 17.1. The Kier molecular flexibility index (Phi) is 2.99. The second kappa shape index (κ2) is 4.42. The van der Waals surface area contributed by atoms with E-state index in [2.05, 4.69) is 34.4 Å². The molecular formula is C11H16N3. The highest BCUT2D eigenvalue weighted by Gasteiger charge is 2.13. The molecule has 1 radical (unpaired) electrons. The Labute approximate surface area is 85.1 Å². The third-order valence-corrected chi connectivity index (χ3v) is 2.64. The van der Waals surface area contributed by atoms with Crippen molar-refractivity contribution < 1.29 is 0 Å². The Hall–Kier alpha value is -1.09. The zero-order valence-electron chi connectivity index (χ0n) is 8.58. The maximum Gasteiger partial charge on any atom is 0.114 e. The average molecular weight is 190 g/mol. The summed E-state index contributed by atoms with van der Waals surface area (Å²) in [6.45, 7) is 6.43. The lowest BCUT2D eigenvalue weighted by Crippen LogP contribution is -2.44. The van der Waals surface area contributed by atoms with Crippen LogP contribution in [-0.4, -0.2) is 31.2 Å². The van der Waals surface area contributed by atoms with Gasteiger partial charge in [0.2, 0.25) is 0 Å². The third-order valence-electron chi connectivity index (χ3n) is 2.64. The minimum Gasteiger partial charge on any atom is -0.367 e. The van der Waals surface area contributed by atoms with Crippen molar-refractivity contribution in [3.8, 4) is 0 Å². The summed E-state index contributed by atoms with van der Waals surface area (Å²) in [7, 11) is 0. The summed E-state index contributed by atoms with van der Waals surface area (Å²) in [5.74, 6) is 0. The first-order valence-electron chi connectivity index (χ1n) is 5.23. The second-order valence-electron chi connectivity index (χ2n) is 3.52. The number of pyridine rings is 1. The van der Waals surface area contributed by atoms with Gasteiger partial charge in [0.15, 0.2) is 0 Å². The lowest BCUT2D eigenvalue weighted by molar-refractivity contribution is 0.587. The van der Waals surface area contributed by atoms with E-state index in [0.29, 0.717) is 0 Å². The summed E-state index contributed by atoms with van der Waals surface area (Å²) < 4.78 is 0. The molecule has 0 saturated carbocycles. The van der Waals surface area contributed by atoms with Crippen molar-refractivity contribution in [1.29, 1.82) is 0 Å². The minimum absolute atomic E-state index is 1.05. The number of nitrogens with zero attached hydrogens (tertiary/aromatic N) is 2. The van der Waals surface area contributed by atoms with Crippen LogP contribution in [0.25, 0.3) is 0 Å². The van der Waals surface area contributed by atoms with Gasteiger partial charge in [-0.2, -0.15) is 0 Å². The fourth-order valence-electron chi connectivity index (χ4n) is 1.82. The molecule has 1 fully saturated rings. The van der Waals surface area contributed by atoms with E-state index in [-0.39, 0.29) is 0 Å². The monoisotopic (exact) mass is 190 g/mol. The van der Waals surface area contributed by atoms with Gasteiger partial charge in [-0.3, -0.25) is 4.98 Å². The molecule has 3 heteroatoms. The van der Waals surface area contributed by atoms with E-state index in [4.69, 9.17) is 0 Å². The van der Waals surface area contributed by atoms with Crippen LogP contribution in [0.3, 0.4) is 0 Å². The summed E-state index contributed by atoms with van der Waals surface area (Å²) in [4.78, 5) is 6.44. The summed E-state index contributed by atoms with van der Waals surface area (Å²) in [5, 5.41) is 3.35. The molecule has 1 aliphatic heterocycles. The van der Waals surface area contributed by atoms with Crippen LogP contribution >= 0.6 is 0 Å². The van der Waals surface area contributed by atoms with Crippen molar-refractivity contribution in [2.45, 2.75) is 13.3 Å². The van der Waals surface area contributed by atoms with Crippen LogP contribution < -0.4 is 10.2 Å². The number of anilines is 1. The first kappa shape index (κ1) is 9.46. The Morgan fingerprint density at radius 1 is 1.50 bits per heavy atom.